The number of nitrogens with one attached hydrogen (secondary N) is 1. The molecule has 3 heteroatoms. The van der Waals surface area contributed by atoms with Crippen molar-refractivity contribution in [2.24, 2.45) is 0 Å². The van der Waals surface area contributed by atoms with Crippen molar-refractivity contribution in [3.05, 3.63) is 0 Å². The van der Waals surface area contributed by atoms with Gasteiger partial charge in [-0.25, -0.2) is 0 Å². The van der Waals surface area contributed by atoms with Gasteiger partial charge in [-0.1, -0.05) is 39.0 Å². The fraction of sp³-hybridized carbons (Fsp3) is 1.00. The Balaban J connectivity index is 3.27. The van der Waals surface area contributed by atoms with Gasteiger partial charge in [0, 0.05) is 9.52 Å². The second kappa shape index (κ2) is 7.07. The summed E-state index contributed by atoms with van der Waals surface area (Å²) >= 11 is 0. The lowest BCUT2D eigenvalue weighted by Gasteiger charge is -2.16. The highest BCUT2D eigenvalue weighted by atomic mass is 28.3. The predicted molar refractivity (Wildman–Crippen MR) is 59.9 cm³/mol. The normalized spacial score (nSPS) is 17.5. The van der Waals surface area contributed by atoms with Crippen molar-refractivity contribution in [2.75, 3.05) is 0 Å². The molecule has 0 aromatic rings. The van der Waals surface area contributed by atoms with Crippen molar-refractivity contribution < 1.29 is 0 Å². The van der Waals surface area contributed by atoms with Gasteiger partial charge in [-0.05, 0) is 12.5 Å². The molecule has 68 valence electrons. The van der Waals surface area contributed by atoms with Gasteiger partial charge in [0.05, 0.1) is 0 Å². The highest BCUT2D eigenvalue weighted by Gasteiger charge is 2.05. The summed E-state index contributed by atoms with van der Waals surface area (Å²) in [5.41, 5.74) is 0. The molecule has 11 heavy (non-hydrogen) atoms. The second-order valence-corrected chi connectivity index (χ2v) is 7.94. The SMILES string of the molecule is CCC(C)N[SiH](C)CC[SiH2]C. The van der Waals surface area contributed by atoms with Gasteiger partial charge in [0.2, 0.25) is 0 Å². The quantitative estimate of drug-likeness (QED) is 0.622. The molecule has 0 rings (SSSR count). The van der Waals surface area contributed by atoms with Gasteiger partial charge in [-0.15, -0.1) is 0 Å². The number of rotatable bonds is 6. The Kier molecular flexibility index (Phi) is 7.32. The maximum atomic E-state index is 3.73. The van der Waals surface area contributed by atoms with E-state index in [4.69, 9.17) is 0 Å². The molecule has 0 amide bonds. The molecule has 1 nitrogen and oxygen atoms in total. The van der Waals surface area contributed by atoms with Crippen LogP contribution in [0.3, 0.4) is 0 Å². The standard InChI is InChI=1S/C8H23NSi2/c1-5-8(2)9-11(4)7-6-10-3/h8-9,11H,5-7,10H2,1-4H3. The molecule has 0 aliphatic heterocycles. The van der Waals surface area contributed by atoms with E-state index in [1.165, 1.54) is 12.5 Å². The zero-order valence-corrected chi connectivity index (χ0v) is 11.1. The highest BCUT2D eigenvalue weighted by Crippen LogP contribution is 1.97. The van der Waals surface area contributed by atoms with Crippen molar-refractivity contribution in [3.8, 4) is 0 Å². The maximum absolute atomic E-state index is 3.73. The summed E-state index contributed by atoms with van der Waals surface area (Å²) in [4.78, 5) is 3.73. The van der Waals surface area contributed by atoms with Crippen molar-refractivity contribution in [3.63, 3.8) is 0 Å². The third-order valence-electron chi connectivity index (χ3n) is 2.17. The molecule has 2 atom stereocenters. The molecule has 2 unspecified atom stereocenters. The molecular formula is C8H23NSi2. The Morgan fingerprint density at radius 2 is 2.18 bits per heavy atom. The molecule has 0 fully saturated rings. The summed E-state index contributed by atoms with van der Waals surface area (Å²) in [7, 11) is -0.185. The molecule has 0 heterocycles. The van der Waals surface area contributed by atoms with Crippen molar-refractivity contribution in [1.29, 1.82) is 0 Å². The molecule has 0 aromatic carbocycles. The predicted octanol–water partition coefficient (Wildman–Crippen LogP) is 1.36. The van der Waals surface area contributed by atoms with Crippen LogP contribution in [0, 0.1) is 0 Å². The van der Waals surface area contributed by atoms with Crippen LogP contribution in [0.4, 0.5) is 0 Å². The summed E-state index contributed by atoms with van der Waals surface area (Å²) in [6.45, 7) is 9.40. The smallest absolute Gasteiger partial charge is 0.105 e. The van der Waals surface area contributed by atoms with Gasteiger partial charge in [0.25, 0.3) is 0 Å². The first-order chi connectivity index (χ1) is 5.20. The zero-order chi connectivity index (χ0) is 8.69. The lowest BCUT2D eigenvalue weighted by atomic mass is 10.3. The van der Waals surface area contributed by atoms with E-state index in [9.17, 15) is 0 Å². The fourth-order valence-corrected chi connectivity index (χ4v) is 6.65. The Morgan fingerprint density at radius 1 is 1.55 bits per heavy atom. The Hall–Kier alpha value is 0.394. The average molecular weight is 189 g/mol. The molecule has 0 radical (unpaired) electrons. The highest BCUT2D eigenvalue weighted by molar-refractivity contribution is 6.56. The van der Waals surface area contributed by atoms with Gasteiger partial charge in [-0.3, -0.25) is 0 Å². The summed E-state index contributed by atoms with van der Waals surface area (Å²) in [5.74, 6) is 0. The number of hydrogen-bond acceptors (Lipinski definition) is 1. The maximum Gasteiger partial charge on any atom is 0.105 e. The summed E-state index contributed by atoms with van der Waals surface area (Å²) in [6.07, 6.45) is 1.28. The van der Waals surface area contributed by atoms with Gasteiger partial charge in [-0.2, -0.15) is 0 Å². The molecular weight excluding hydrogens is 166 g/mol. The topological polar surface area (TPSA) is 12.0 Å². The third kappa shape index (κ3) is 6.78. The molecule has 0 aliphatic rings. The Labute approximate surface area is 75.5 Å². The van der Waals surface area contributed by atoms with E-state index < -0.39 is 8.96 Å². The number of hydrogen-bond donors (Lipinski definition) is 1. The zero-order valence-electron chi connectivity index (χ0n) is 8.48. The minimum absolute atomic E-state index is 0.326. The van der Waals surface area contributed by atoms with Crippen molar-refractivity contribution in [2.45, 2.75) is 51.5 Å². The summed E-state index contributed by atoms with van der Waals surface area (Å²) in [5, 5.41) is 0. The molecule has 0 aromatic heterocycles. The molecule has 1 N–H and O–H groups in total. The van der Waals surface area contributed by atoms with Crippen LogP contribution in [0.15, 0.2) is 0 Å². The Morgan fingerprint density at radius 3 is 2.64 bits per heavy atom. The lowest BCUT2D eigenvalue weighted by molar-refractivity contribution is 0.648. The van der Waals surface area contributed by atoms with E-state index in [1.807, 2.05) is 0 Å². The molecule has 0 saturated heterocycles. The van der Waals surface area contributed by atoms with E-state index in [2.05, 4.69) is 31.9 Å². The summed E-state index contributed by atoms with van der Waals surface area (Å²) in [6, 6.07) is 3.83. The first-order valence-electron chi connectivity index (χ1n) is 4.96. The second-order valence-electron chi connectivity index (χ2n) is 3.52. The van der Waals surface area contributed by atoms with Crippen LogP contribution in [-0.2, 0) is 0 Å². The Bertz CT molecular complexity index is 88.2. The van der Waals surface area contributed by atoms with Crippen LogP contribution in [0.25, 0.3) is 0 Å². The first kappa shape index (κ1) is 11.4. The largest absolute Gasteiger partial charge is 0.337 e. The molecule has 0 spiro atoms. The van der Waals surface area contributed by atoms with Crippen LogP contribution in [0.1, 0.15) is 20.3 Å². The summed E-state index contributed by atoms with van der Waals surface area (Å²) < 4.78 is 0. The van der Waals surface area contributed by atoms with E-state index in [0.717, 1.165) is 6.04 Å². The van der Waals surface area contributed by atoms with E-state index in [0.29, 0.717) is 9.52 Å². The molecule has 0 saturated carbocycles. The van der Waals surface area contributed by atoms with Crippen LogP contribution in [-0.4, -0.2) is 24.5 Å². The van der Waals surface area contributed by atoms with Gasteiger partial charge in [0.15, 0.2) is 0 Å². The first-order valence-corrected chi connectivity index (χ1v) is 9.93. The van der Waals surface area contributed by atoms with Crippen LogP contribution in [0.2, 0.25) is 25.2 Å². The minimum Gasteiger partial charge on any atom is -0.337 e. The van der Waals surface area contributed by atoms with E-state index in [1.54, 1.807) is 6.04 Å². The van der Waals surface area contributed by atoms with Gasteiger partial charge < -0.3 is 4.98 Å². The van der Waals surface area contributed by atoms with Crippen LogP contribution in [0.5, 0.6) is 0 Å². The molecule has 0 bridgehead atoms. The van der Waals surface area contributed by atoms with Crippen LogP contribution < -0.4 is 4.98 Å². The van der Waals surface area contributed by atoms with E-state index in [-0.39, 0.29) is 0 Å². The third-order valence-corrected chi connectivity index (χ3v) is 6.52. The fourth-order valence-electron chi connectivity index (χ4n) is 1.20. The van der Waals surface area contributed by atoms with Crippen molar-refractivity contribution in [1.82, 2.24) is 4.98 Å². The van der Waals surface area contributed by atoms with Gasteiger partial charge >= 0.3 is 0 Å². The monoisotopic (exact) mass is 189 g/mol. The van der Waals surface area contributed by atoms with Crippen molar-refractivity contribution >= 4 is 18.5 Å². The average Bonchev–Trinajstić information content (AvgIpc) is 2.00. The molecule has 0 aliphatic carbocycles. The lowest BCUT2D eigenvalue weighted by Crippen LogP contribution is -2.37. The van der Waals surface area contributed by atoms with Crippen LogP contribution >= 0.6 is 0 Å². The minimum atomic E-state index is -0.511. The van der Waals surface area contributed by atoms with Gasteiger partial charge in [0.1, 0.15) is 8.96 Å². The van der Waals surface area contributed by atoms with E-state index >= 15 is 0 Å².